The van der Waals surface area contributed by atoms with Crippen LogP contribution in [0, 0.1) is 24.2 Å². The summed E-state index contributed by atoms with van der Waals surface area (Å²) in [6, 6.07) is 14.4. The number of piperidine rings is 1. The highest BCUT2D eigenvalue weighted by Gasteiger charge is 2.20. The molecule has 162 valence electrons. The van der Waals surface area contributed by atoms with Crippen LogP contribution in [0.4, 0.5) is 0 Å². The molecule has 0 unspecified atom stereocenters. The van der Waals surface area contributed by atoms with E-state index in [1.165, 1.54) is 0 Å². The van der Waals surface area contributed by atoms with Crippen LogP contribution in [0.3, 0.4) is 0 Å². The highest BCUT2D eigenvalue weighted by atomic mass is 32.2. The van der Waals surface area contributed by atoms with Crippen LogP contribution in [-0.2, 0) is 10.0 Å². The number of rotatable bonds is 8. The fourth-order valence-corrected chi connectivity index (χ4v) is 4.93. The first-order valence-corrected chi connectivity index (χ1v) is 11.8. The lowest BCUT2D eigenvalue weighted by Gasteiger charge is -2.31. The number of nitrogens with one attached hydrogen (secondary N) is 1. The van der Waals surface area contributed by atoms with Crippen LogP contribution in [0.2, 0.25) is 0 Å². The van der Waals surface area contributed by atoms with E-state index in [0.29, 0.717) is 31.1 Å². The van der Waals surface area contributed by atoms with Gasteiger partial charge < -0.3 is 4.90 Å². The van der Waals surface area contributed by atoms with Gasteiger partial charge in [0.15, 0.2) is 0 Å². The second-order valence-corrected chi connectivity index (χ2v) is 9.50. The van der Waals surface area contributed by atoms with E-state index in [1.807, 2.05) is 19.1 Å². The van der Waals surface area contributed by atoms with E-state index in [0.717, 1.165) is 42.6 Å². The second-order valence-electron chi connectivity index (χ2n) is 7.73. The van der Waals surface area contributed by atoms with Crippen LogP contribution in [0.5, 0.6) is 0 Å². The molecule has 0 radical (unpaired) electrons. The lowest BCUT2D eigenvalue weighted by Crippen LogP contribution is -2.40. The summed E-state index contributed by atoms with van der Waals surface area (Å²) >= 11 is 0. The monoisotopic (exact) mass is 438 g/mol. The number of likely N-dealkylation sites (tertiary alicyclic amines) is 1. The predicted molar refractivity (Wildman–Crippen MR) is 120 cm³/mol. The third-order valence-electron chi connectivity index (χ3n) is 5.68. The zero-order valence-electron chi connectivity index (χ0n) is 17.5. The number of hydrogen-bond donors (Lipinski definition) is 1. The minimum atomic E-state index is -3.61. The average molecular weight is 439 g/mol. The molecule has 0 saturated carbocycles. The summed E-state index contributed by atoms with van der Waals surface area (Å²) < 4.78 is 28.0. The molecule has 1 saturated heterocycles. The maximum absolute atomic E-state index is 12.7. The van der Waals surface area contributed by atoms with Crippen molar-refractivity contribution in [2.24, 2.45) is 11.0 Å². The van der Waals surface area contributed by atoms with E-state index >= 15 is 0 Å². The number of sulfonamides is 1. The molecule has 0 aliphatic carbocycles. The molecule has 0 bridgehead atoms. The van der Waals surface area contributed by atoms with Gasteiger partial charge in [-0.25, -0.2) is 13.1 Å². The average Bonchev–Trinajstić information content (AvgIpc) is 2.78. The van der Waals surface area contributed by atoms with Crippen molar-refractivity contribution in [2.75, 3.05) is 32.7 Å². The quantitative estimate of drug-likeness (QED) is 0.382. The van der Waals surface area contributed by atoms with Crippen LogP contribution in [-0.4, -0.2) is 46.0 Å². The van der Waals surface area contributed by atoms with Gasteiger partial charge in [0, 0.05) is 30.1 Å². The number of hydrogen-bond acceptors (Lipinski definition) is 5. The Morgan fingerprint density at radius 2 is 1.94 bits per heavy atom. The number of nitriles is 1. The summed E-state index contributed by atoms with van der Waals surface area (Å²) in [5.41, 5.74) is 11.6. The Balaban J connectivity index is 1.57. The van der Waals surface area contributed by atoms with E-state index in [4.69, 9.17) is 5.53 Å². The van der Waals surface area contributed by atoms with E-state index < -0.39 is 10.0 Å². The van der Waals surface area contributed by atoms with Crippen molar-refractivity contribution in [3.63, 3.8) is 0 Å². The van der Waals surface area contributed by atoms with Crippen LogP contribution in [0.1, 0.15) is 24.0 Å². The van der Waals surface area contributed by atoms with Crippen LogP contribution >= 0.6 is 0 Å². The first kappa shape index (κ1) is 22.8. The maximum atomic E-state index is 12.7. The maximum Gasteiger partial charge on any atom is 0.240 e. The minimum absolute atomic E-state index is 0.205. The Morgan fingerprint density at radius 3 is 2.58 bits per heavy atom. The largest absolute Gasteiger partial charge is 0.302 e. The molecular weight excluding hydrogens is 412 g/mol. The highest BCUT2D eigenvalue weighted by Crippen LogP contribution is 2.28. The Kier molecular flexibility index (Phi) is 7.66. The van der Waals surface area contributed by atoms with Crippen molar-refractivity contribution >= 4 is 10.0 Å². The predicted octanol–water partition coefficient (Wildman–Crippen LogP) is 3.83. The fraction of sp³-hybridized carbons (Fsp3) is 0.409. The standard InChI is InChI=1S/C22H26N6O2S/c1-17-3-2-4-20(15-23)22(17)19-5-7-21(8-6-19)31(29,30)26-11-14-28-12-9-18(10-13-28)16-25-27-24/h2-8,18,26H,9-14,16H2,1H3. The Morgan fingerprint density at radius 1 is 1.23 bits per heavy atom. The molecular formula is C22H26N6O2S. The first-order valence-electron chi connectivity index (χ1n) is 10.3. The Hall–Kier alpha value is -2.89. The van der Waals surface area contributed by atoms with Gasteiger partial charge in [0.1, 0.15) is 0 Å². The molecule has 2 aromatic rings. The van der Waals surface area contributed by atoms with Gasteiger partial charge in [-0.3, -0.25) is 0 Å². The van der Waals surface area contributed by atoms with Crippen LogP contribution in [0.25, 0.3) is 21.6 Å². The lowest BCUT2D eigenvalue weighted by molar-refractivity contribution is 0.190. The fourth-order valence-electron chi connectivity index (χ4n) is 3.91. The van der Waals surface area contributed by atoms with Gasteiger partial charge in [0.05, 0.1) is 16.5 Å². The summed E-state index contributed by atoms with van der Waals surface area (Å²) in [7, 11) is -3.61. The Bertz CT molecular complexity index is 1090. The second kappa shape index (κ2) is 10.4. The van der Waals surface area contributed by atoms with Gasteiger partial charge in [-0.2, -0.15) is 5.26 Å². The molecule has 3 rings (SSSR count). The van der Waals surface area contributed by atoms with Gasteiger partial charge in [-0.05, 0) is 73.6 Å². The van der Waals surface area contributed by atoms with E-state index in [1.54, 1.807) is 30.3 Å². The number of aryl methyl sites for hydroxylation is 1. The summed E-state index contributed by atoms with van der Waals surface area (Å²) in [6.07, 6.45) is 1.91. The van der Waals surface area contributed by atoms with Crippen molar-refractivity contribution in [1.29, 1.82) is 5.26 Å². The van der Waals surface area contributed by atoms with E-state index in [9.17, 15) is 13.7 Å². The summed E-state index contributed by atoms with van der Waals surface area (Å²) in [6.45, 7) is 5.19. The molecule has 0 spiro atoms. The molecule has 8 nitrogen and oxygen atoms in total. The summed E-state index contributed by atoms with van der Waals surface area (Å²) in [4.78, 5) is 5.24. The number of azide groups is 1. The van der Waals surface area contributed by atoms with E-state index in [2.05, 4.69) is 25.7 Å². The molecule has 1 fully saturated rings. The number of benzene rings is 2. The third-order valence-corrected chi connectivity index (χ3v) is 7.15. The first-order chi connectivity index (χ1) is 14.9. The zero-order chi connectivity index (χ0) is 22.3. The topological polar surface area (TPSA) is 122 Å². The van der Waals surface area contributed by atoms with Crippen LogP contribution < -0.4 is 4.72 Å². The van der Waals surface area contributed by atoms with Gasteiger partial charge in [-0.1, -0.05) is 29.4 Å². The lowest BCUT2D eigenvalue weighted by atomic mass is 9.96. The number of nitrogens with zero attached hydrogens (tertiary/aromatic N) is 5. The highest BCUT2D eigenvalue weighted by molar-refractivity contribution is 7.89. The van der Waals surface area contributed by atoms with Crippen molar-refractivity contribution in [2.45, 2.75) is 24.7 Å². The molecule has 1 aliphatic rings. The normalized spacial score (nSPS) is 15.2. The molecule has 0 amide bonds. The van der Waals surface area contributed by atoms with Gasteiger partial charge in [0.2, 0.25) is 10.0 Å². The van der Waals surface area contributed by atoms with Crippen LogP contribution in [0.15, 0.2) is 52.5 Å². The molecule has 0 aromatic heterocycles. The van der Waals surface area contributed by atoms with Gasteiger partial charge >= 0.3 is 0 Å². The third kappa shape index (κ3) is 5.84. The summed E-state index contributed by atoms with van der Waals surface area (Å²) in [5.74, 6) is 0.414. The molecule has 9 heteroatoms. The Labute approximate surface area is 183 Å². The van der Waals surface area contributed by atoms with Gasteiger partial charge in [0.25, 0.3) is 0 Å². The minimum Gasteiger partial charge on any atom is -0.302 e. The van der Waals surface area contributed by atoms with E-state index in [-0.39, 0.29) is 4.90 Å². The smallest absolute Gasteiger partial charge is 0.240 e. The molecule has 31 heavy (non-hydrogen) atoms. The molecule has 0 atom stereocenters. The van der Waals surface area contributed by atoms with Crippen molar-refractivity contribution < 1.29 is 8.42 Å². The molecule has 2 aromatic carbocycles. The molecule has 1 N–H and O–H groups in total. The summed E-state index contributed by atoms with van der Waals surface area (Å²) in [5, 5.41) is 13.0. The van der Waals surface area contributed by atoms with Gasteiger partial charge in [-0.15, -0.1) is 0 Å². The molecule has 1 aliphatic heterocycles. The van der Waals surface area contributed by atoms with Crippen molar-refractivity contribution in [1.82, 2.24) is 9.62 Å². The van der Waals surface area contributed by atoms with Crippen molar-refractivity contribution in [3.05, 3.63) is 64.0 Å². The van der Waals surface area contributed by atoms with Crippen molar-refractivity contribution in [3.8, 4) is 17.2 Å². The zero-order valence-corrected chi connectivity index (χ0v) is 18.3. The SMILES string of the molecule is Cc1cccc(C#N)c1-c1ccc(S(=O)(=O)NCCN2CCC(CN=[N+]=[N-])CC2)cc1. The molecule has 1 heterocycles.